The van der Waals surface area contributed by atoms with Gasteiger partial charge in [0.05, 0.1) is 16.5 Å². The largest absolute Gasteiger partial charge is 0.480 e. The average Bonchev–Trinajstić information content (AvgIpc) is 2.32. The highest BCUT2D eigenvalue weighted by atomic mass is 35.5. The first kappa shape index (κ1) is 16.8. The first-order valence-electron chi connectivity index (χ1n) is 6.23. The van der Waals surface area contributed by atoms with Crippen LogP contribution in [0.15, 0.2) is 18.2 Å². The Hall–Kier alpha value is -1.26. The second kappa shape index (κ2) is 7.50. The molecular weight excluding hydrogens is 301 g/mol. The maximum Gasteiger partial charge on any atom is 0.323 e. The molecule has 0 aromatic heterocycles. The summed E-state index contributed by atoms with van der Waals surface area (Å²) < 4.78 is 0. The Morgan fingerprint density at radius 1 is 1.25 bits per heavy atom. The summed E-state index contributed by atoms with van der Waals surface area (Å²) in [5.41, 5.74) is 0.712. The molecule has 1 rings (SSSR count). The zero-order chi connectivity index (χ0) is 15.3. The van der Waals surface area contributed by atoms with Gasteiger partial charge in [-0.3, -0.25) is 9.59 Å². The summed E-state index contributed by atoms with van der Waals surface area (Å²) in [5.74, 6) is -1.06. The highest BCUT2D eigenvalue weighted by Gasteiger charge is 2.18. The molecule has 0 bridgehead atoms. The predicted molar refractivity (Wildman–Crippen MR) is 79.2 cm³/mol. The molecule has 0 aliphatic rings. The minimum absolute atomic E-state index is 0.108. The molecule has 1 aromatic rings. The van der Waals surface area contributed by atoms with Crippen LogP contribution < -0.4 is 0 Å². The van der Waals surface area contributed by atoms with Crippen molar-refractivity contribution in [3.8, 4) is 0 Å². The van der Waals surface area contributed by atoms with Crippen LogP contribution in [-0.4, -0.2) is 35.0 Å². The third kappa shape index (κ3) is 5.39. The van der Waals surface area contributed by atoms with Gasteiger partial charge in [0, 0.05) is 6.54 Å². The maximum absolute atomic E-state index is 12.2. The summed E-state index contributed by atoms with van der Waals surface area (Å²) in [4.78, 5) is 24.3. The van der Waals surface area contributed by atoms with Gasteiger partial charge in [-0.15, -0.1) is 0 Å². The molecule has 1 amide bonds. The van der Waals surface area contributed by atoms with E-state index >= 15 is 0 Å². The van der Waals surface area contributed by atoms with Crippen LogP contribution in [-0.2, 0) is 16.0 Å². The number of halogens is 2. The lowest BCUT2D eigenvalue weighted by molar-refractivity contribution is -0.144. The van der Waals surface area contributed by atoms with E-state index in [9.17, 15) is 9.59 Å². The van der Waals surface area contributed by atoms with Crippen molar-refractivity contribution in [2.75, 3.05) is 13.1 Å². The lowest BCUT2D eigenvalue weighted by Gasteiger charge is -2.22. The maximum atomic E-state index is 12.2. The fourth-order valence-corrected chi connectivity index (χ4v) is 2.12. The van der Waals surface area contributed by atoms with Crippen molar-refractivity contribution in [1.82, 2.24) is 4.90 Å². The molecule has 0 radical (unpaired) electrons. The van der Waals surface area contributed by atoms with Crippen molar-refractivity contribution >= 4 is 35.1 Å². The smallest absolute Gasteiger partial charge is 0.323 e. The molecule has 110 valence electrons. The van der Waals surface area contributed by atoms with Crippen LogP contribution in [0.25, 0.3) is 0 Å². The number of carboxylic acid groups (broad SMARTS) is 1. The zero-order valence-corrected chi connectivity index (χ0v) is 12.9. The summed E-state index contributed by atoms with van der Waals surface area (Å²) >= 11 is 11.7. The van der Waals surface area contributed by atoms with Crippen LogP contribution in [0.4, 0.5) is 0 Å². The Morgan fingerprint density at radius 3 is 2.40 bits per heavy atom. The van der Waals surface area contributed by atoms with E-state index in [1.54, 1.807) is 18.2 Å². The molecule has 0 unspecified atom stereocenters. The van der Waals surface area contributed by atoms with Crippen LogP contribution in [0.1, 0.15) is 19.4 Å². The van der Waals surface area contributed by atoms with Crippen LogP contribution in [0.3, 0.4) is 0 Å². The molecule has 0 aliphatic carbocycles. The molecule has 0 spiro atoms. The van der Waals surface area contributed by atoms with Crippen LogP contribution in [0, 0.1) is 5.92 Å². The van der Waals surface area contributed by atoms with Gasteiger partial charge < -0.3 is 10.0 Å². The second-order valence-corrected chi connectivity index (χ2v) is 5.80. The number of hydrogen-bond donors (Lipinski definition) is 1. The van der Waals surface area contributed by atoms with Crippen molar-refractivity contribution < 1.29 is 14.7 Å². The molecule has 0 atom stereocenters. The van der Waals surface area contributed by atoms with Gasteiger partial charge in [-0.1, -0.05) is 43.1 Å². The molecule has 6 heteroatoms. The molecule has 0 fully saturated rings. The zero-order valence-electron chi connectivity index (χ0n) is 11.4. The third-order valence-corrected chi connectivity index (χ3v) is 3.34. The molecule has 0 aliphatic heterocycles. The van der Waals surface area contributed by atoms with E-state index in [0.717, 1.165) is 0 Å². The number of carbonyl (C=O) groups is 2. The number of aliphatic carboxylic acids is 1. The molecule has 0 saturated carbocycles. The number of carbonyl (C=O) groups excluding carboxylic acids is 1. The highest BCUT2D eigenvalue weighted by molar-refractivity contribution is 6.42. The number of carboxylic acids is 1. The Kier molecular flexibility index (Phi) is 6.30. The summed E-state index contributed by atoms with van der Waals surface area (Å²) in [7, 11) is 0. The van der Waals surface area contributed by atoms with E-state index in [0.29, 0.717) is 22.2 Å². The van der Waals surface area contributed by atoms with Gasteiger partial charge in [-0.2, -0.15) is 0 Å². The molecule has 0 saturated heterocycles. The molecule has 4 nitrogen and oxygen atoms in total. The van der Waals surface area contributed by atoms with Crippen LogP contribution in [0.2, 0.25) is 10.0 Å². The summed E-state index contributed by atoms with van der Waals surface area (Å²) in [6.45, 7) is 3.98. The fourth-order valence-electron chi connectivity index (χ4n) is 1.79. The number of benzene rings is 1. The van der Waals surface area contributed by atoms with Gasteiger partial charge in [0.25, 0.3) is 0 Å². The van der Waals surface area contributed by atoms with Crippen molar-refractivity contribution in [2.45, 2.75) is 20.3 Å². The molecular formula is C14H17Cl2NO3. The number of hydrogen-bond acceptors (Lipinski definition) is 2. The monoisotopic (exact) mass is 317 g/mol. The normalized spacial score (nSPS) is 10.7. The third-order valence-electron chi connectivity index (χ3n) is 2.60. The van der Waals surface area contributed by atoms with Gasteiger partial charge in [-0.05, 0) is 23.6 Å². The van der Waals surface area contributed by atoms with E-state index in [2.05, 4.69) is 0 Å². The summed E-state index contributed by atoms with van der Waals surface area (Å²) in [6, 6.07) is 4.95. The Bertz CT molecular complexity index is 503. The average molecular weight is 318 g/mol. The van der Waals surface area contributed by atoms with Crippen molar-refractivity contribution in [1.29, 1.82) is 0 Å². The molecule has 20 heavy (non-hydrogen) atoms. The molecule has 1 N–H and O–H groups in total. The Balaban J connectivity index is 2.78. The lowest BCUT2D eigenvalue weighted by atomic mass is 10.1. The van der Waals surface area contributed by atoms with Crippen molar-refractivity contribution in [3.05, 3.63) is 33.8 Å². The van der Waals surface area contributed by atoms with E-state index in [1.165, 1.54) is 4.90 Å². The topological polar surface area (TPSA) is 57.6 Å². The molecule has 1 aromatic carbocycles. The first-order chi connectivity index (χ1) is 9.29. The van der Waals surface area contributed by atoms with Gasteiger partial charge in [0.1, 0.15) is 6.54 Å². The number of nitrogens with zero attached hydrogens (tertiary/aromatic N) is 1. The number of rotatable bonds is 6. The van der Waals surface area contributed by atoms with Crippen molar-refractivity contribution in [2.24, 2.45) is 5.92 Å². The SMILES string of the molecule is CC(C)CN(CC(=O)O)C(=O)Cc1ccc(Cl)c(Cl)c1. The van der Waals surface area contributed by atoms with E-state index in [1.807, 2.05) is 13.8 Å². The highest BCUT2D eigenvalue weighted by Crippen LogP contribution is 2.23. The Morgan fingerprint density at radius 2 is 1.90 bits per heavy atom. The Labute approximate surface area is 128 Å². The fraction of sp³-hybridized carbons (Fsp3) is 0.429. The van der Waals surface area contributed by atoms with Gasteiger partial charge in [-0.25, -0.2) is 0 Å². The van der Waals surface area contributed by atoms with Crippen LogP contribution in [0.5, 0.6) is 0 Å². The van der Waals surface area contributed by atoms with Crippen molar-refractivity contribution in [3.63, 3.8) is 0 Å². The standard InChI is InChI=1S/C14H17Cl2NO3/c1-9(2)7-17(8-14(19)20)13(18)6-10-3-4-11(15)12(16)5-10/h3-5,9H,6-8H2,1-2H3,(H,19,20). The van der Waals surface area contributed by atoms with Gasteiger partial charge in [0.2, 0.25) is 5.91 Å². The predicted octanol–water partition coefficient (Wildman–Crippen LogP) is 3.11. The van der Waals surface area contributed by atoms with E-state index in [4.69, 9.17) is 28.3 Å². The summed E-state index contributed by atoms with van der Waals surface area (Å²) in [5, 5.41) is 9.66. The van der Waals surface area contributed by atoms with Gasteiger partial charge in [0.15, 0.2) is 0 Å². The minimum Gasteiger partial charge on any atom is -0.480 e. The minimum atomic E-state index is -1.02. The van der Waals surface area contributed by atoms with Gasteiger partial charge >= 0.3 is 5.97 Å². The first-order valence-corrected chi connectivity index (χ1v) is 6.98. The quantitative estimate of drug-likeness (QED) is 0.877. The van der Waals surface area contributed by atoms with Crippen LogP contribution >= 0.6 is 23.2 Å². The molecule has 0 heterocycles. The van der Waals surface area contributed by atoms with E-state index in [-0.39, 0.29) is 24.8 Å². The lowest BCUT2D eigenvalue weighted by Crippen LogP contribution is -2.39. The number of amides is 1. The summed E-state index contributed by atoms with van der Waals surface area (Å²) in [6.07, 6.45) is 0.108. The second-order valence-electron chi connectivity index (χ2n) is 4.99. The van der Waals surface area contributed by atoms with E-state index < -0.39 is 5.97 Å².